The van der Waals surface area contributed by atoms with Crippen molar-refractivity contribution >= 4 is 11.9 Å². The second-order valence-electron chi connectivity index (χ2n) is 8.84. The normalized spacial score (nSPS) is 17.0. The molecule has 0 bridgehead atoms. The van der Waals surface area contributed by atoms with Crippen LogP contribution in [0.2, 0.25) is 0 Å². The molecule has 176 valence electrons. The zero-order chi connectivity index (χ0) is 24.3. The number of nitrogens with zero attached hydrogens (tertiary/aromatic N) is 1. The average molecular weight is 460 g/mol. The summed E-state index contributed by atoms with van der Waals surface area (Å²) in [5, 5.41) is 0. The third-order valence-electron chi connectivity index (χ3n) is 5.65. The van der Waals surface area contributed by atoms with Crippen LogP contribution in [-0.2, 0) is 27.0 Å². The fraction of sp³-hybridized carbons (Fsp3) is 0.385. The van der Waals surface area contributed by atoms with Crippen LogP contribution in [0.3, 0.4) is 0 Å². The van der Waals surface area contributed by atoms with Crippen LogP contribution >= 0.6 is 0 Å². The number of benzene rings is 2. The molecule has 1 aliphatic heterocycles. The van der Waals surface area contributed by atoms with Gasteiger partial charge in [0.25, 0.3) is 0 Å². The first-order chi connectivity index (χ1) is 15.5. The van der Waals surface area contributed by atoms with Crippen molar-refractivity contribution in [2.75, 3.05) is 6.61 Å². The highest BCUT2D eigenvalue weighted by molar-refractivity contribution is 5.95. The molecule has 2 aromatic carbocycles. The molecule has 0 aromatic heterocycles. The highest BCUT2D eigenvalue weighted by Gasteiger charge is 2.38. The van der Waals surface area contributed by atoms with Crippen LogP contribution in [0.5, 0.6) is 0 Å². The second-order valence-corrected chi connectivity index (χ2v) is 8.84. The highest BCUT2D eigenvalue weighted by Crippen LogP contribution is 2.39. The van der Waals surface area contributed by atoms with Gasteiger partial charge in [-0.05, 0) is 43.0 Å². The summed E-state index contributed by atoms with van der Waals surface area (Å²) < 4.78 is 44.5. The SMILES string of the molecule is CC1=C(C(=O)OCC(C)C)C(c2ccc(C(F)(F)F)cc2)CC(=O)N1Cc1cccc(C)c1. The predicted octanol–water partition coefficient (Wildman–Crippen LogP) is 6.00. The van der Waals surface area contributed by atoms with Gasteiger partial charge in [0.15, 0.2) is 0 Å². The molecular formula is C26H28F3NO3. The van der Waals surface area contributed by atoms with Crippen LogP contribution in [0.15, 0.2) is 59.8 Å². The molecule has 3 rings (SSSR count). The van der Waals surface area contributed by atoms with Gasteiger partial charge in [0.1, 0.15) is 0 Å². The van der Waals surface area contributed by atoms with E-state index in [4.69, 9.17) is 4.74 Å². The largest absolute Gasteiger partial charge is 0.462 e. The van der Waals surface area contributed by atoms with Crippen LogP contribution in [0.25, 0.3) is 0 Å². The number of rotatable bonds is 6. The lowest BCUT2D eigenvalue weighted by atomic mass is 9.83. The van der Waals surface area contributed by atoms with Crippen molar-refractivity contribution in [3.63, 3.8) is 0 Å². The Morgan fingerprint density at radius 1 is 1.12 bits per heavy atom. The Hall–Kier alpha value is -3.09. The number of carbonyl (C=O) groups is 2. The third kappa shape index (κ3) is 5.83. The summed E-state index contributed by atoms with van der Waals surface area (Å²) in [6, 6.07) is 12.4. The number of amides is 1. The molecular weight excluding hydrogens is 431 g/mol. The van der Waals surface area contributed by atoms with E-state index in [2.05, 4.69) is 0 Å². The van der Waals surface area contributed by atoms with Crippen LogP contribution in [-0.4, -0.2) is 23.4 Å². The molecule has 0 spiro atoms. The Kier molecular flexibility index (Phi) is 7.30. The first kappa shape index (κ1) is 24.6. The molecule has 7 heteroatoms. The summed E-state index contributed by atoms with van der Waals surface area (Å²) in [4.78, 5) is 27.7. The zero-order valence-corrected chi connectivity index (χ0v) is 19.2. The number of aryl methyl sites for hydroxylation is 1. The first-order valence-corrected chi connectivity index (χ1v) is 10.9. The van der Waals surface area contributed by atoms with Gasteiger partial charge in [0, 0.05) is 18.0 Å². The molecule has 33 heavy (non-hydrogen) atoms. The van der Waals surface area contributed by atoms with Gasteiger partial charge < -0.3 is 9.64 Å². The highest BCUT2D eigenvalue weighted by atomic mass is 19.4. The van der Waals surface area contributed by atoms with Crippen molar-refractivity contribution in [3.8, 4) is 0 Å². The summed E-state index contributed by atoms with van der Waals surface area (Å²) >= 11 is 0. The lowest BCUT2D eigenvalue weighted by Crippen LogP contribution is -2.38. The van der Waals surface area contributed by atoms with Crippen molar-refractivity contribution in [1.82, 2.24) is 4.90 Å². The van der Waals surface area contributed by atoms with Gasteiger partial charge in [0.2, 0.25) is 5.91 Å². The van der Waals surface area contributed by atoms with E-state index in [-0.39, 0.29) is 24.9 Å². The van der Waals surface area contributed by atoms with Crippen molar-refractivity contribution in [2.24, 2.45) is 5.92 Å². The Morgan fingerprint density at radius 3 is 2.36 bits per heavy atom. The van der Waals surface area contributed by atoms with Crippen LogP contribution in [0.1, 0.15) is 55.4 Å². The van der Waals surface area contributed by atoms with E-state index in [1.165, 1.54) is 12.1 Å². The number of alkyl halides is 3. The van der Waals surface area contributed by atoms with Crippen LogP contribution < -0.4 is 0 Å². The molecule has 0 fully saturated rings. The number of hydrogen-bond acceptors (Lipinski definition) is 3. The fourth-order valence-electron chi connectivity index (χ4n) is 3.97. The molecule has 1 unspecified atom stereocenters. The van der Waals surface area contributed by atoms with E-state index in [9.17, 15) is 22.8 Å². The Balaban J connectivity index is 2.01. The van der Waals surface area contributed by atoms with Gasteiger partial charge >= 0.3 is 12.1 Å². The number of carbonyl (C=O) groups excluding carboxylic acids is 2. The first-order valence-electron chi connectivity index (χ1n) is 10.9. The zero-order valence-electron chi connectivity index (χ0n) is 19.2. The number of hydrogen-bond donors (Lipinski definition) is 0. The van der Waals surface area contributed by atoms with Gasteiger partial charge in [-0.1, -0.05) is 55.8 Å². The molecule has 2 aromatic rings. The van der Waals surface area contributed by atoms with E-state index in [0.717, 1.165) is 23.3 Å². The molecule has 0 aliphatic carbocycles. The minimum Gasteiger partial charge on any atom is -0.462 e. The van der Waals surface area contributed by atoms with E-state index in [1.54, 1.807) is 11.8 Å². The Labute approximate surface area is 192 Å². The second kappa shape index (κ2) is 9.81. The maximum atomic E-state index is 13.1. The quantitative estimate of drug-likeness (QED) is 0.498. The van der Waals surface area contributed by atoms with Crippen molar-refractivity contribution in [2.45, 2.75) is 52.8 Å². The summed E-state index contributed by atoms with van der Waals surface area (Å²) in [5.74, 6) is -1.30. The summed E-state index contributed by atoms with van der Waals surface area (Å²) in [6.45, 7) is 7.98. The standard InChI is InChI=1S/C26H28F3NO3/c1-16(2)15-33-25(32)24-18(4)30(14-19-7-5-6-17(3)12-19)23(31)13-22(24)20-8-10-21(11-9-20)26(27,28)29/h5-12,16,22H,13-15H2,1-4H3. The maximum Gasteiger partial charge on any atom is 0.416 e. The number of halogens is 3. The van der Waals surface area contributed by atoms with E-state index >= 15 is 0 Å². The van der Waals surface area contributed by atoms with Crippen LogP contribution in [0.4, 0.5) is 13.2 Å². The molecule has 1 heterocycles. The van der Waals surface area contributed by atoms with E-state index in [0.29, 0.717) is 23.4 Å². The van der Waals surface area contributed by atoms with Gasteiger partial charge in [0.05, 0.1) is 24.3 Å². The van der Waals surface area contributed by atoms with Gasteiger partial charge in [-0.3, -0.25) is 4.79 Å². The average Bonchev–Trinajstić information content (AvgIpc) is 2.74. The maximum absolute atomic E-state index is 13.1. The van der Waals surface area contributed by atoms with Crippen molar-refractivity contribution < 1.29 is 27.5 Å². The Morgan fingerprint density at radius 2 is 1.79 bits per heavy atom. The number of esters is 1. The topological polar surface area (TPSA) is 46.6 Å². The lowest BCUT2D eigenvalue weighted by molar-refractivity contribution is -0.141. The number of allylic oxidation sites excluding steroid dienone is 1. The molecule has 0 saturated heterocycles. The minimum absolute atomic E-state index is 0.0272. The molecule has 1 atom stereocenters. The van der Waals surface area contributed by atoms with E-state index < -0.39 is 23.6 Å². The smallest absolute Gasteiger partial charge is 0.416 e. The monoisotopic (exact) mass is 459 g/mol. The third-order valence-corrected chi connectivity index (χ3v) is 5.65. The van der Waals surface area contributed by atoms with Gasteiger partial charge in [-0.25, -0.2) is 4.79 Å². The van der Waals surface area contributed by atoms with E-state index in [1.807, 2.05) is 45.0 Å². The molecule has 0 saturated carbocycles. The fourth-order valence-corrected chi connectivity index (χ4v) is 3.97. The predicted molar refractivity (Wildman–Crippen MR) is 119 cm³/mol. The summed E-state index contributed by atoms with van der Waals surface area (Å²) in [6.07, 6.45) is -4.49. The van der Waals surface area contributed by atoms with Gasteiger partial charge in [-0.15, -0.1) is 0 Å². The minimum atomic E-state index is -4.46. The Bertz CT molecular complexity index is 1060. The lowest BCUT2D eigenvalue weighted by Gasteiger charge is -2.34. The number of ether oxygens (including phenoxy) is 1. The molecule has 4 nitrogen and oxygen atoms in total. The summed E-state index contributed by atoms with van der Waals surface area (Å²) in [7, 11) is 0. The molecule has 1 amide bonds. The van der Waals surface area contributed by atoms with Crippen LogP contribution in [0, 0.1) is 12.8 Å². The summed E-state index contributed by atoms with van der Waals surface area (Å²) in [5.41, 5.74) is 2.44. The van der Waals surface area contributed by atoms with Crippen molar-refractivity contribution in [1.29, 1.82) is 0 Å². The molecule has 0 radical (unpaired) electrons. The van der Waals surface area contributed by atoms with Crippen molar-refractivity contribution in [3.05, 3.63) is 82.1 Å². The van der Waals surface area contributed by atoms with Gasteiger partial charge in [-0.2, -0.15) is 13.2 Å². The molecule has 1 aliphatic rings. The molecule has 0 N–H and O–H groups in total.